The number of rotatable bonds is 5. The number of carbonyl (C=O) groups is 1. The molecule has 3 rings (SSSR count). The van der Waals surface area contributed by atoms with Crippen LogP contribution >= 0.6 is 11.3 Å². The SMILES string of the molecule is O=C(NCc1ccccc1F)C(O)C(O)c1nc2ccccc2s1. The second-order valence-electron chi connectivity index (χ2n) is 5.22. The molecule has 7 heteroatoms. The van der Waals surface area contributed by atoms with Gasteiger partial charge in [-0.15, -0.1) is 11.3 Å². The van der Waals surface area contributed by atoms with Gasteiger partial charge >= 0.3 is 0 Å². The molecule has 1 amide bonds. The van der Waals surface area contributed by atoms with Gasteiger partial charge in [0, 0.05) is 12.1 Å². The molecule has 1 aromatic heterocycles. The molecular formula is C17H15FN2O3S. The van der Waals surface area contributed by atoms with Gasteiger partial charge in [0.2, 0.25) is 0 Å². The largest absolute Gasteiger partial charge is 0.383 e. The molecule has 0 radical (unpaired) electrons. The molecule has 0 aliphatic carbocycles. The number of benzene rings is 2. The number of fused-ring (bicyclic) bond motifs is 1. The summed E-state index contributed by atoms with van der Waals surface area (Å²) >= 11 is 1.21. The van der Waals surface area contributed by atoms with Gasteiger partial charge in [0.25, 0.3) is 5.91 Å². The van der Waals surface area contributed by atoms with Crippen LogP contribution in [0.15, 0.2) is 48.5 Å². The Labute approximate surface area is 141 Å². The van der Waals surface area contributed by atoms with Crippen molar-refractivity contribution in [3.63, 3.8) is 0 Å². The van der Waals surface area contributed by atoms with Crippen molar-refractivity contribution in [1.29, 1.82) is 0 Å². The Balaban J connectivity index is 1.67. The molecule has 0 aliphatic heterocycles. The summed E-state index contributed by atoms with van der Waals surface area (Å²) < 4.78 is 14.4. The van der Waals surface area contributed by atoms with Crippen molar-refractivity contribution in [1.82, 2.24) is 10.3 Å². The third kappa shape index (κ3) is 3.43. The van der Waals surface area contributed by atoms with E-state index in [4.69, 9.17) is 0 Å². The number of halogens is 1. The number of nitrogens with zero attached hydrogens (tertiary/aromatic N) is 1. The Morgan fingerprint density at radius 2 is 1.88 bits per heavy atom. The molecule has 0 saturated carbocycles. The summed E-state index contributed by atoms with van der Waals surface area (Å²) in [6.07, 6.45) is -3.12. The van der Waals surface area contributed by atoms with Gasteiger partial charge in [0.1, 0.15) is 16.9 Å². The quantitative estimate of drug-likeness (QED) is 0.661. The van der Waals surface area contributed by atoms with E-state index in [9.17, 15) is 19.4 Å². The smallest absolute Gasteiger partial charge is 0.252 e. The lowest BCUT2D eigenvalue weighted by Crippen LogP contribution is -2.38. The van der Waals surface area contributed by atoms with E-state index in [1.807, 2.05) is 18.2 Å². The van der Waals surface area contributed by atoms with Crippen LogP contribution in [0.1, 0.15) is 16.7 Å². The monoisotopic (exact) mass is 346 g/mol. The Morgan fingerprint density at radius 1 is 1.17 bits per heavy atom. The minimum Gasteiger partial charge on any atom is -0.383 e. The lowest BCUT2D eigenvalue weighted by atomic mass is 10.1. The summed E-state index contributed by atoms with van der Waals surface area (Å²) in [6.45, 7) is -0.0743. The molecule has 0 saturated heterocycles. The molecule has 3 aromatic rings. The van der Waals surface area contributed by atoms with E-state index in [1.165, 1.54) is 23.5 Å². The van der Waals surface area contributed by atoms with E-state index in [-0.39, 0.29) is 11.6 Å². The van der Waals surface area contributed by atoms with E-state index in [0.29, 0.717) is 11.1 Å². The molecule has 3 N–H and O–H groups in total. The van der Waals surface area contributed by atoms with Crippen molar-refractivity contribution < 1.29 is 19.4 Å². The van der Waals surface area contributed by atoms with Crippen LogP contribution in [0.3, 0.4) is 0 Å². The van der Waals surface area contributed by atoms with Crippen LogP contribution in [0.5, 0.6) is 0 Å². The van der Waals surface area contributed by atoms with Crippen LogP contribution in [0.25, 0.3) is 10.2 Å². The molecule has 0 bridgehead atoms. The maximum absolute atomic E-state index is 13.5. The Bertz CT molecular complexity index is 835. The fraction of sp³-hybridized carbons (Fsp3) is 0.176. The first-order chi connectivity index (χ1) is 11.6. The predicted molar refractivity (Wildman–Crippen MR) is 88.8 cm³/mol. The van der Waals surface area contributed by atoms with Crippen molar-refractivity contribution >= 4 is 27.5 Å². The van der Waals surface area contributed by atoms with E-state index in [0.717, 1.165) is 4.70 Å². The van der Waals surface area contributed by atoms with Crippen LogP contribution in [0.4, 0.5) is 4.39 Å². The van der Waals surface area contributed by atoms with Crippen molar-refractivity contribution in [2.75, 3.05) is 0 Å². The molecule has 0 fully saturated rings. The Morgan fingerprint density at radius 3 is 2.62 bits per heavy atom. The third-order valence-electron chi connectivity index (χ3n) is 3.54. The average molecular weight is 346 g/mol. The second kappa shape index (κ2) is 7.04. The van der Waals surface area contributed by atoms with Crippen molar-refractivity contribution in [3.05, 3.63) is 64.9 Å². The summed E-state index contributed by atoms with van der Waals surface area (Å²) in [5.74, 6) is -1.23. The number of amides is 1. The van der Waals surface area contributed by atoms with E-state index >= 15 is 0 Å². The van der Waals surface area contributed by atoms with Crippen LogP contribution in [-0.4, -0.2) is 27.2 Å². The molecule has 24 heavy (non-hydrogen) atoms. The predicted octanol–water partition coefficient (Wildman–Crippen LogP) is 2.15. The number of hydrogen-bond donors (Lipinski definition) is 3. The molecule has 0 spiro atoms. The molecule has 2 atom stereocenters. The topological polar surface area (TPSA) is 82.5 Å². The van der Waals surface area contributed by atoms with Crippen molar-refractivity contribution in [2.45, 2.75) is 18.8 Å². The van der Waals surface area contributed by atoms with Gasteiger partial charge in [-0.1, -0.05) is 30.3 Å². The summed E-state index contributed by atoms with van der Waals surface area (Å²) in [7, 11) is 0. The van der Waals surface area contributed by atoms with Gasteiger partial charge in [-0.25, -0.2) is 9.37 Å². The van der Waals surface area contributed by atoms with Crippen LogP contribution in [0.2, 0.25) is 0 Å². The highest BCUT2D eigenvalue weighted by Crippen LogP contribution is 2.28. The molecule has 124 valence electrons. The standard InChI is InChI=1S/C17H15FN2O3S/c18-11-6-2-1-5-10(11)9-19-16(23)14(21)15(22)17-20-12-7-3-4-8-13(12)24-17/h1-8,14-15,21-22H,9H2,(H,19,23). The van der Waals surface area contributed by atoms with Gasteiger partial charge in [-0.05, 0) is 18.2 Å². The normalized spacial score (nSPS) is 13.6. The van der Waals surface area contributed by atoms with Crippen LogP contribution in [0, 0.1) is 5.82 Å². The lowest BCUT2D eigenvalue weighted by molar-refractivity contribution is -0.135. The first-order valence-corrected chi connectivity index (χ1v) is 8.10. The number of thiazole rings is 1. The Kier molecular flexibility index (Phi) is 4.84. The first-order valence-electron chi connectivity index (χ1n) is 7.29. The number of hydrogen-bond acceptors (Lipinski definition) is 5. The maximum atomic E-state index is 13.5. The fourth-order valence-corrected chi connectivity index (χ4v) is 3.21. The van der Waals surface area contributed by atoms with Crippen LogP contribution < -0.4 is 5.32 Å². The first kappa shape index (κ1) is 16.5. The molecule has 2 unspecified atom stereocenters. The van der Waals surface area contributed by atoms with E-state index < -0.39 is 23.9 Å². The zero-order valence-corrected chi connectivity index (χ0v) is 13.3. The highest BCUT2D eigenvalue weighted by Gasteiger charge is 2.28. The van der Waals surface area contributed by atoms with Gasteiger partial charge < -0.3 is 15.5 Å². The summed E-state index contributed by atoms with van der Waals surface area (Å²) in [6, 6.07) is 13.3. The van der Waals surface area contributed by atoms with Gasteiger partial charge in [-0.2, -0.15) is 0 Å². The minimum atomic E-state index is -1.68. The highest BCUT2D eigenvalue weighted by atomic mass is 32.1. The number of nitrogens with one attached hydrogen (secondary N) is 1. The van der Waals surface area contributed by atoms with Gasteiger partial charge in [-0.3, -0.25) is 4.79 Å². The molecular weight excluding hydrogens is 331 g/mol. The summed E-state index contributed by atoms with van der Waals surface area (Å²) in [5.41, 5.74) is 0.989. The highest BCUT2D eigenvalue weighted by molar-refractivity contribution is 7.18. The minimum absolute atomic E-state index is 0.0743. The number of carbonyl (C=O) groups excluding carboxylic acids is 1. The molecule has 5 nitrogen and oxygen atoms in total. The molecule has 1 heterocycles. The summed E-state index contributed by atoms with van der Waals surface area (Å²) in [5, 5.41) is 22.9. The van der Waals surface area contributed by atoms with Crippen molar-refractivity contribution in [3.8, 4) is 0 Å². The Hall–Kier alpha value is -2.35. The van der Waals surface area contributed by atoms with E-state index in [1.54, 1.807) is 18.2 Å². The number of aromatic nitrogens is 1. The molecule has 0 aliphatic rings. The number of aliphatic hydroxyl groups is 2. The summed E-state index contributed by atoms with van der Waals surface area (Å²) in [4.78, 5) is 16.2. The molecule has 2 aromatic carbocycles. The number of aliphatic hydroxyl groups excluding tert-OH is 2. The van der Waals surface area contributed by atoms with Gasteiger partial charge in [0.05, 0.1) is 10.2 Å². The zero-order chi connectivity index (χ0) is 17.1. The lowest BCUT2D eigenvalue weighted by Gasteiger charge is -2.15. The van der Waals surface area contributed by atoms with Crippen LogP contribution in [-0.2, 0) is 11.3 Å². The second-order valence-corrected chi connectivity index (χ2v) is 6.28. The number of para-hydroxylation sites is 1. The zero-order valence-electron chi connectivity index (χ0n) is 12.5. The third-order valence-corrected chi connectivity index (χ3v) is 4.65. The maximum Gasteiger partial charge on any atom is 0.252 e. The average Bonchev–Trinajstić information content (AvgIpc) is 3.03. The van der Waals surface area contributed by atoms with Gasteiger partial charge in [0.15, 0.2) is 6.10 Å². The fourth-order valence-electron chi connectivity index (χ4n) is 2.22. The van der Waals surface area contributed by atoms with E-state index in [2.05, 4.69) is 10.3 Å². The van der Waals surface area contributed by atoms with Crippen molar-refractivity contribution in [2.24, 2.45) is 0 Å².